The molecule has 2 heteroatoms. The van der Waals surface area contributed by atoms with Crippen LogP contribution in [0.15, 0.2) is 0 Å². The summed E-state index contributed by atoms with van der Waals surface area (Å²) in [5.74, 6) is 0.757. The monoisotopic (exact) mass is 214 g/mol. The van der Waals surface area contributed by atoms with E-state index >= 15 is 0 Å². The van der Waals surface area contributed by atoms with Gasteiger partial charge >= 0.3 is 0 Å². The highest BCUT2D eigenvalue weighted by molar-refractivity contribution is 4.61. The van der Waals surface area contributed by atoms with Crippen LogP contribution in [-0.4, -0.2) is 31.1 Å². The van der Waals surface area contributed by atoms with Crippen molar-refractivity contribution in [2.75, 3.05) is 26.2 Å². The van der Waals surface area contributed by atoms with Crippen LogP contribution in [0.1, 0.15) is 52.9 Å². The maximum absolute atomic E-state index is 5.62. The summed E-state index contributed by atoms with van der Waals surface area (Å²) in [4.78, 5) is 2.51. The Hall–Kier alpha value is -0.0800. The van der Waals surface area contributed by atoms with E-state index < -0.39 is 0 Å². The second kappa shape index (κ2) is 10.4. The average Bonchev–Trinajstić information content (AvgIpc) is 2.17. The molecule has 0 rings (SSSR count). The molecule has 0 heterocycles. The van der Waals surface area contributed by atoms with Crippen molar-refractivity contribution in [3.05, 3.63) is 0 Å². The molecule has 0 unspecified atom stereocenters. The maximum Gasteiger partial charge on any atom is 0.0105 e. The zero-order valence-corrected chi connectivity index (χ0v) is 11.0. The maximum atomic E-state index is 5.62. The van der Waals surface area contributed by atoms with Gasteiger partial charge in [-0.05, 0) is 18.9 Å². The van der Waals surface area contributed by atoms with Gasteiger partial charge in [-0.2, -0.15) is 0 Å². The number of hydrogen-bond acceptors (Lipinski definition) is 2. The molecule has 0 fully saturated rings. The third kappa shape index (κ3) is 10.2. The molecule has 92 valence electrons. The van der Waals surface area contributed by atoms with Gasteiger partial charge < -0.3 is 10.6 Å². The molecule has 0 atom stereocenters. The lowest BCUT2D eigenvalue weighted by atomic mass is 10.1. The van der Waals surface area contributed by atoms with E-state index in [1.165, 1.54) is 45.2 Å². The Bertz CT molecular complexity index is 124. The first-order chi connectivity index (χ1) is 7.20. The summed E-state index contributed by atoms with van der Waals surface area (Å²) in [6, 6.07) is 0. The van der Waals surface area contributed by atoms with Gasteiger partial charge in [-0.15, -0.1) is 0 Å². The van der Waals surface area contributed by atoms with Gasteiger partial charge in [0, 0.05) is 19.6 Å². The fourth-order valence-corrected chi connectivity index (χ4v) is 1.93. The van der Waals surface area contributed by atoms with Crippen LogP contribution in [0.25, 0.3) is 0 Å². The van der Waals surface area contributed by atoms with Crippen LogP contribution < -0.4 is 5.73 Å². The van der Waals surface area contributed by atoms with Crippen molar-refractivity contribution >= 4 is 0 Å². The quantitative estimate of drug-likeness (QED) is 0.567. The number of nitrogens with zero attached hydrogens (tertiary/aromatic N) is 1. The van der Waals surface area contributed by atoms with E-state index in [-0.39, 0.29) is 0 Å². The van der Waals surface area contributed by atoms with E-state index in [1.807, 2.05) is 0 Å². The van der Waals surface area contributed by atoms with Gasteiger partial charge in [-0.1, -0.05) is 46.5 Å². The minimum atomic E-state index is 0.757. The zero-order chi connectivity index (χ0) is 11.5. The van der Waals surface area contributed by atoms with Crippen LogP contribution in [0.2, 0.25) is 0 Å². The van der Waals surface area contributed by atoms with Crippen molar-refractivity contribution in [3.8, 4) is 0 Å². The molecule has 0 aliphatic carbocycles. The number of rotatable bonds is 10. The molecule has 0 aliphatic heterocycles. The van der Waals surface area contributed by atoms with Crippen LogP contribution >= 0.6 is 0 Å². The van der Waals surface area contributed by atoms with E-state index in [9.17, 15) is 0 Å². The summed E-state index contributed by atoms with van der Waals surface area (Å²) in [5.41, 5.74) is 5.62. The lowest BCUT2D eigenvalue weighted by Crippen LogP contribution is -2.33. The predicted octanol–water partition coefficient (Wildman–Crippen LogP) is 2.87. The molecule has 0 aromatic heterocycles. The van der Waals surface area contributed by atoms with Gasteiger partial charge in [0.05, 0.1) is 0 Å². The normalized spacial score (nSPS) is 11.6. The zero-order valence-electron chi connectivity index (χ0n) is 11.0. The standard InChI is InChI=1S/C13H30N2/c1-4-5-6-7-8-10-15(11-9-14)12-13(2)3/h13H,4-12,14H2,1-3H3. The average molecular weight is 214 g/mol. The Morgan fingerprint density at radius 1 is 1.00 bits per heavy atom. The van der Waals surface area contributed by atoms with Crippen LogP contribution in [0.3, 0.4) is 0 Å². The molecule has 2 nitrogen and oxygen atoms in total. The summed E-state index contributed by atoms with van der Waals surface area (Å²) in [6.07, 6.45) is 6.84. The van der Waals surface area contributed by atoms with Crippen molar-refractivity contribution in [2.45, 2.75) is 52.9 Å². The number of hydrogen-bond donors (Lipinski definition) is 1. The SMILES string of the molecule is CCCCCCCN(CCN)CC(C)C. The minimum absolute atomic E-state index is 0.757. The summed E-state index contributed by atoms with van der Waals surface area (Å²) in [7, 11) is 0. The molecule has 15 heavy (non-hydrogen) atoms. The molecule has 0 aromatic carbocycles. The summed E-state index contributed by atoms with van der Waals surface area (Å²) < 4.78 is 0. The van der Waals surface area contributed by atoms with Gasteiger partial charge in [-0.3, -0.25) is 0 Å². The molecule has 0 spiro atoms. The first kappa shape index (κ1) is 14.9. The van der Waals surface area contributed by atoms with Gasteiger partial charge in [0.25, 0.3) is 0 Å². The number of unbranched alkanes of at least 4 members (excludes halogenated alkanes) is 4. The van der Waals surface area contributed by atoms with E-state index in [4.69, 9.17) is 5.73 Å². The summed E-state index contributed by atoms with van der Waals surface area (Å²) >= 11 is 0. The molecular formula is C13H30N2. The lowest BCUT2D eigenvalue weighted by Gasteiger charge is -2.23. The van der Waals surface area contributed by atoms with Crippen LogP contribution in [0.5, 0.6) is 0 Å². The van der Waals surface area contributed by atoms with E-state index in [1.54, 1.807) is 0 Å². The third-order valence-electron chi connectivity index (χ3n) is 2.65. The molecule has 0 saturated heterocycles. The molecule has 0 radical (unpaired) electrons. The molecule has 0 bridgehead atoms. The fourth-order valence-electron chi connectivity index (χ4n) is 1.93. The van der Waals surface area contributed by atoms with E-state index in [0.717, 1.165) is 19.0 Å². The minimum Gasteiger partial charge on any atom is -0.329 e. The fraction of sp³-hybridized carbons (Fsp3) is 1.00. The van der Waals surface area contributed by atoms with Crippen molar-refractivity contribution in [1.29, 1.82) is 0 Å². The second-order valence-electron chi connectivity index (χ2n) is 4.90. The lowest BCUT2D eigenvalue weighted by molar-refractivity contribution is 0.245. The van der Waals surface area contributed by atoms with Crippen molar-refractivity contribution in [1.82, 2.24) is 4.90 Å². The van der Waals surface area contributed by atoms with Gasteiger partial charge in [-0.25, -0.2) is 0 Å². The van der Waals surface area contributed by atoms with Crippen molar-refractivity contribution in [2.24, 2.45) is 11.7 Å². The van der Waals surface area contributed by atoms with E-state index in [2.05, 4.69) is 25.7 Å². The largest absolute Gasteiger partial charge is 0.329 e. The highest BCUT2D eigenvalue weighted by atomic mass is 15.1. The molecule has 0 saturated carbocycles. The van der Waals surface area contributed by atoms with Crippen molar-refractivity contribution in [3.63, 3.8) is 0 Å². The predicted molar refractivity (Wildman–Crippen MR) is 69.1 cm³/mol. The van der Waals surface area contributed by atoms with Crippen LogP contribution in [0, 0.1) is 5.92 Å². The molecule has 0 amide bonds. The van der Waals surface area contributed by atoms with Gasteiger partial charge in [0.1, 0.15) is 0 Å². The van der Waals surface area contributed by atoms with Crippen molar-refractivity contribution < 1.29 is 0 Å². The topological polar surface area (TPSA) is 29.3 Å². The Balaban J connectivity index is 3.47. The van der Waals surface area contributed by atoms with Gasteiger partial charge in [0.15, 0.2) is 0 Å². The highest BCUT2D eigenvalue weighted by Gasteiger charge is 2.05. The first-order valence-electron chi connectivity index (χ1n) is 6.63. The summed E-state index contributed by atoms with van der Waals surface area (Å²) in [6.45, 7) is 11.1. The Morgan fingerprint density at radius 3 is 2.20 bits per heavy atom. The Morgan fingerprint density at radius 2 is 1.67 bits per heavy atom. The second-order valence-corrected chi connectivity index (χ2v) is 4.90. The Kier molecular flexibility index (Phi) is 10.4. The number of nitrogens with two attached hydrogens (primary N) is 1. The van der Waals surface area contributed by atoms with Crippen LogP contribution in [0.4, 0.5) is 0 Å². The first-order valence-corrected chi connectivity index (χ1v) is 6.63. The van der Waals surface area contributed by atoms with Crippen LogP contribution in [-0.2, 0) is 0 Å². The molecule has 0 aliphatic rings. The smallest absolute Gasteiger partial charge is 0.0105 e. The molecular weight excluding hydrogens is 184 g/mol. The third-order valence-corrected chi connectivity index (χ3v) is 2.65. The molecule has 2 N–H and O–H groups in total. The highest BCUT2D eigenvalue weighted by Crippen LogP contribution is 2.05. The van der Waals surface area contributed by atoms with Gasteiger partial charge in [0.2, 0.25) is 0 Å². The molecule has 0 aromatic rings. The van der Waals surface area contributed by atoms with E-state index in [0.29, 0.717) is 0 Å². The Labute approximate surface area is 96.2 Å². The summed E-state index contributed by atoms with van der Waals surface area (Å²) in [5, 5.41) is 0.